The number of carbonyl (C=O) groups is 1. The minimum atomic E-state index is -1.02. The van der Waals surface area contributed by atoms with Crippen LogP contribution in [0.4, 0.5) is 0 Å². The summed E-state index contributed by atoms with van der Waals surface area (Å²) >= 11 is 0. The zero-order chi connectivity index (χ0) is 8.77. The highest BCUT2D eigenvalue weighted by molar-refractivity contribution is 5.79. The first kappa shape index (κ1) is 8.01. The lowest BCUT2D eigenvalue weighted by atomic mass is 9.95. The summed E-state index contributed by atoms with van der Waals surface area (Å²) in [6, 6.07) is 0. The van der Waals surface area contributed by atoms with Gasteiger partial charge in [0.1, 0.15) is 5.72 Å². The number of hydrogen-bond acceptors (Lipinski definition) is 3. The molecule has 2 saturated heterocycles. The van der Waals surface area contributed by atoms with E-state index in [1.165, 1.54) is 4.90 Å². The molecule has 68 valence electrons. The maximum Gasteiger partial charge on any atom is 0.225 e. The van der Waals surface area contributed by atoms with Gasteiger partial charge in [-0.1, -0.05) is 0 Å². The van der Waals surface area contributed by atoms with Gasteiger partial charge in [0.2, 0.25) is 5.91 Å². The highest BCUT2D eigenvalue weighted by Crippen LogP contribution is 2.41. The van der Waals surface area contributed by atoms with Gasteiger partial charge < -0.3 is 15.1 Å². The summed E-state index contributed by atoms with van der Waals surface area (Å²) < 4.78 is 0. The molecule has 12 heavy (non-hydrogen) atoms. The molecule has 2 N–H and O–H groups in total. The maximum absolute atomic E-state index is 11.2. The van der Waals surface area contributed by atoms with E-state index < -0.39 is 5.72 Å². The Morgan fingerprint density at radius 2 is 2.42 bits per heavy atom. The SMILES string of the molecule is O=C1CCC2(O)C(CO)CCN12. The van der Waals surface area contributed by atoms with E-state index in [9.17, 15) is 9.90 Å². The number of fused-ring (bicyclic) bond motifs is 1. The maximum atomic E-state index is 11.2. The molecule has 0 aromatic heterocycles. The Morgan fingerprint density at radius 3 is 3.08 bits per heavy atom. The molecule has 2 unspecified atom stereocenters. The Morgan fingerprint density at radius 1 is 1.67 bits per heavy atom. The van der Waals surface area contributed by atoms with Gasteiger partial charge in [-0.3, -0.25) is 4.79 Å². The summed E-state index contributed by atoms with van der Waals surface area (Å²) in [6.07, 6.45) is 1.63. The lowest BCUT2D eigenvalue weighted by Crippen LogP contribution is -2.45. The fraction of sp³-hybridized carbons (Fsp3) is 0.875. The van der Waals surface area contributed by atoms with Crippen molar-refractivity contribution < 1.29 is 15.0 Å². The zero-order valence-corrected chi connectivity index (χ0v) is 6.86. The lowest BCUT2D eigenvalue weighted by Gasteiger charge is -2.30. The third-order valence-corrected chi connectivity index (χ3v) is 3.05. The van der Waals surface area contributed by atoms with E-state index in [4.69, 9.17) is 5.11 Å². The van der Waals surface area contributed by atoms with Crippen molar-refractivity contribution >= 4 is 5.91 Å². The van der Waals surface area contributed by atoms with Crippen LogP contribution in [0.25, 0.3) is 0 Å². The summed E-state index contributed by atoms with van der Waals surface area (Å²) in [5.74, 6) is -0.114. The first-order chi connectivity index (χ1) is 5.68. The average Bonchev–Trinajstić information content (AvgIpc) is 2.50. The molecule has 2 rings (SSSR count). The highest BCUT2D eigenvalue weighted by atomic mass is 16.3. The summed E-state index contributed by atoms with van der Waals surface area (Å²) in [4.78, 5) is 12.7. The zero-order valence-electron chi connectivity index (χ0n) is 6.86. The van der Waals surface area contributed by atoms with Crippen LogP contribution in [0.1, 0.15) is 19.3 Å². The Kier molecular flexibility index (Phi) is 1.63. The lowest BCUT2D eigenvalue weighted by molar-refractivity contribution is -0.145. The van der Waals surface area contributed by atoms with Gasteiger partial charge >= 0.3 is 0 Å². The van der Waals surface area contributed by atoms with Crippen LogP contribution in [0.2, 0.25) is 0 Å². The quantitative estimate of drug-likeness (QED) is 0.549. The fourth-order valence-corrected chi connectivity index (χ4v) is 2.27. The molecular formula is C8H13NO3. The monoisotopic (exact) mass is 171 g/mol. The summed E-state index contributed by atoms with van der Waals surface area (Å²) in [5.41, 5.74) is -1.02. The smallest absolute Gasteiger partial charge is 0.225 e. The summed E-state index contributed by atoms with van der Waals surface area (Å²) in [7, 11) is 0. The van der Waals surface area contributed by atoms with Crippen LogP contribution in [-0.2, 0) is 4.79 Å². The fourth-order valence-electron chi connectivity index (χ4n) is 2.27. The minimum absolute atomic E-state index is 0.0217. The molecule has 0 saturated carbocycles. The second kappa shape index (κ2) is 2.44. The van der Waals surface area contributed by atoms with Gasteiger partial charge in [0, 0.05) is 25.3 Å². The Balaban J connectivity index is 2.24. The van der Waals surface area contributed by atoms with Crippen LogP contribution in [0.5, 0.6) is 0 Å². The van der Waals surface area contributed by atoms with Crippen molar-refractivity contribution in [1.29, 1.82) is 0 Å². The highest BCUT2D eigenvalue weighted by Gasteiger charge is 2.53. The van der Waals surface area contributed by atoms with Crippen molar-refractivity contribution in [3.05, 3.63) is 0 Å². The molecule has 2 aliphatic heterocycles. The molecule has 2 atom stereocenters. The number of aliphatic hydroxyl groups is 2. The van der Waals surface area contributed by atoms with Crippen molar-refractivity contribution in [2.24, 2.45) is 5.92 Å². The van der Waals surface area contributed by atoms with Gasteiger partial charge in [-0.15, -0.1) is 0 Å². The summed E-state index contributed by atoms with van der Waals surface area (Å²) in [6.45, 7) is 0.570. The molecule has 4 heteroatoms. The van der Waals surface area contributed by atoms with Crippen molar-refractivity contribution in [3.8, 4) is 0 Å². The van der Waals surface area contributed by atoms with Gasteiger partial charge in [0.25, 0.3) is 0 Å². The average molecular weight is 171 g/mol. The molecule has 2 fully saturated rings. The molecule has 0 aliphatic carbocycles. The number of amides is 1. The van der Waals surface area contributed by atoms with Crippen LogP contribution >= 0.6 is 0 Å². The van der Waals surface area contributed by atoms with Gasteiger partial charge in [0.15, 0.2) is 0 Å². The molecule has 2 heterocycles. The largest absolute Gasteiger partial charge is 0.396 e. The molecule has 0 aromatic rings. The van der Waals surface area contributed by atoms with E-state index >= 15 is 0 Å². The van der Waals surface area contributed by atoms with Gasteiger partial charge in [-0.05, 0) is 6.42 Å². The Hall–Kier alpha value is -0.610. The number of rotatable bonds is 1. The van der Waals surface area contributed by atoms with E-state index in [-0.39, 0.29) is 18.4 Å². The predicted octanol–water partition coefficient (Wildman–Crippen LogP) is -0.690. The topological polar surface area (TPSA) is 60.8 Å². The van der Waals surface area contributed by atoms with Crippen LogP contribution in [0.15, 0.2) is 0 Å². The van der Waals surface area contributed by atoms with E-state index in [0.717, 1.165) is 6.42 Å². The molecule has 0 radical (unpaired) electrons. The molecule has 2 aliphatic rings. The van der Waals surface area contributed by atoms with Gasteiger partial charge in [0.05, 0.1) is 6.61 Å². The van der Waals surface area contributed by atoms with Crippen LogP contribution in [0.3, 0.4) is 0 Å². The van der Waals surface area contributed by atoms with Crippen LogP contribution in [-0.4, -0.2) is 39.9 Å². The van der Waals surface area contributed by atoms with Crippen molar-refractivity contribution in [2.45, 2.75) is 25.0 Å². The molecular weight excluding hydrogens is 158 g/mol. The van der Waals surface area contributed by atoms with Gasteiger partial charge in [-0.25, -0.2) is 0 Å². The first-order valence-electron chi connectivity index (χ1n) is 4.32. The van der Waals surface area contributed by atoms with E-state index in [1.54, 1.807) is 0 Å². The Labute approximate surface area is 70.8 Å². The standard InChI is InChI=1S/C8H13NO3/c10-5-6-2-4-9-7(11)1-3-8(6,9)12/h6,10,12H,1-5H2. The number of nitrogens with zero attached hydrogens (tertiary/aromatic N) is 1. The predicted molar refractivity (Wildman–Crippen MR) is 41.1 cm³/mol. The molecule has 0 spiro atoms. The van der Waals surface area contributed by atoms with E-state index in [0.29, 0.717) is 19.4 Å². The number of carbonyl (C=O) groups excluding carboxylic acids is 1. The van der Waals surface area contributed by atoms with Crippen molar-refractivity contribution in [1.82, 2.24) is 4.90 Å². The second-order valence-corrected chi connectivity index (χ2v) is 3.59. The number of aliphatic hydroxyl groups excluding tert-OH is 1. The first-order valence-corrected chi connectivity index (χ1v) is 4.32. The molecule has 1 amide bonds. The third-order valence-electron chi connectivity index (χ3n) is 3.05. The van der Waals surface area contributed by atoms with E-state index in [1.807, 2.05) is 0 Å². The van der Waals surface area contributed by atoms with Crippen LogP contribution in [0, 0.1) is 5.92 Å². The van der Waals surface area contributed by atoms with E-state index in [2.05, 4.69) is 0 Å². The molecule has 4 nitrogen and oxygen atoms in total. The van der Waals surface area contributed by atoms with Crippen LogP contribution < -0.4 is 0 Å². The normalized spacial score (nSPS) is 40.7. The Bertz CT molecular complexity index is 218. The third kappa shape index (κ3) is 0.820. The second-order valence-electron chi connectivity index (χ2n) is 3.59. The molecule has 0 aromatic carbocycles. The number of hydrogen-bond donors (Lipinski definition) is 2. The van der Waals surface area contributed by atoms with Crippen molar-refractivity contribution in [2.75, 3.05) is 13.2 Å². The minimum Gasteiger partial charge on any atom is -0.396 e. The van der Waals surface area contributed by atoms with Crippen molar-refractivity contribution in [3.63, 3.8) is 0 Å². The van der Waals surface area contributed by atoms with Gasteiger partial charge in [-0.2, -0.15) is 0 Å². The summed E-state index contributed by atoms with van der Waals surface area (Å²) in [5, 5.41) is 19.0. The molecule has 0 bridgehead atoms.